The highest BCUT2D eigenvalue weighted by atomic mass is 31.0. The van der Waals surface area contributed by atoms with Crippen LogP contribution < -0.4 is 21.3 Å². The second-order valence-electron chi connectivity index (χ2n) is 8.25. The molecule has 3 N–H and O–H groups in total. The fourth-order valence-corrected chi connectivity index (χ4v) is 3.69. The Labute approximate surface area is 193 Å². The second-order valence-corrected chi connectivity index (χ2v) is 8.87. The van der Waals surface area contributed by atoms with Crippen LogP contribution in [0.15, 0.2) is 65.7 Å². The fourth-order valence-electron chi connectivity index (χ4n) is 3.17. The van der Waals surface area contributed by atoms with Crippen LogP contribution in [0.5, 0.6) is 0 Å². The van der Waals surface area contributed by atoms with Crippen LogP contribution in [0.3, 0.4) is 0 Å². The average Bonchev–Trinajstić information content (AvgIpc) is 2.71. The van der Waals surface area contributed by atoms with Gasteiger partial charge >= 0.3 is 0 Å². The number of nitrogens with zero attached hydrogens (tertiary/aromatic N) is 2. The van der Waals surface area contributed by atoms with E-state index in [2.05, 4.69) is 47.8 Å². The van der Waals surface area contributed by atoms with Crippen LogP contribution in [-0.4, -0.2) is 24.4 Å². The lowest BCUT2D eigenvalue weighted by Gasteiger charge is -2.21. The third-order valence-electron chi connectivity index (χ3n) is 4.78. The van der Waals surface area contributed by atoms with Gasteiger partial charge in [0.15, 0.2) is 0 Å². The van der Waals surface area contributed by atoms with Crippen LogP contribution >= 0.6 is 9.24 Å². The van der Waals surface area contributed by atoms with Gasteiger partial charge in [0.25, 0.3) is 0 Å². The zero-order chi connectivity index (χ0) is 23.7. The van der Waals surface area contributed by atoms with E-state index in [0.717, 1.165) is 59.0 Å². The van der Waals surface area contributed by atoms with E-state index in [1.165, 1.54) is 0 Å². The highest BCUT2D eigenvalue weighted by Gasteiger charge is 2.21. The molecule has 1 atom stereocenters. The summed E-state index contributed by atoms with van der Waals surface area (Å²) in [4.78, 5) is 8.69. The first kappa shape index (κ1) is 25.5. The first-order chi connectivity index (χ1) is 15.1. The lowest BCUT2D eigenvalue weighted by molar-refractivity contribution is 0.223. The molecule has 1 unspecified atom stereocenters. The molecule has 0 aliphatic heterocycles. The monoisotopic (exact) mass is 455 g/mol. The molecule has 2 rings (SSSR count). The Morgan fingerprint density at radius 3 is 2.66 bits per heavy atom. The van der Waals surface area contributed by atoms with Crippen LogP contribution in [0.2, 0.25) is 0 Å². The predicted octanol–water partition coefficient (Wildman–Crippen LogP) is 4.92. The molecule has 0 radical (unpaired) electrons. The van der Waals surface area contributed by atoms with Crippen LogP contribution in [0.1, 0.15) is 50.4 Å². The summed E-state index contributed by atoms with van der Waals surface area (Å²) in [5.74, 6) is 1.51. The van der Waals surface area contributed by atoms with Gasteiger partial charge in [0.1, 0.15) is 17.3 Å². The van der Waals surface area contributed by atoms with Crippen LogP contribution in [0.4, 0.5) is 10.1 Å². The number of allylic oxidation sites excluding steroid dienone is 2. The number of hydrogen-bond donors (Lipinski definition) is 3. The molecule has 1 heterocycles. The van der Waals surface area contributed by atoms with Crippen LogP contribution in [0.25, 0.3) is 0 Å². The van der Waals surface area contributed by atoms with Crippen molar-refractivity contribution >= 4 is 26.1 Å². The van der Waals surface area contributed by atoms with Gasteiger partial charge < -0.3 is 16.0 Å². The molecular formula is C25H35FN5P. The van der Waals surface area contributed by atoms with E-state index < -0.39 is 5.67 Å². The lowest BCUT2D eigenvalue weighted by Crippen LogP contribution is -2.28. The first-order valence-corrected chi connectivity index (χ1v) is 11.3. The van der Waals surface area contributed by atoms with Gasteiger partial charge in [-0.15, -0.1) is 9.24 Å². The standard InChI is InChI=1S/C25H35FN5P/c1-17(2)28-13-8-7-9-23(31-24(27-6)19-12-14-29-18(3)15-19)30-20-10-11-22(32)21(16-20)25(4,5)26/h9-12,14-16,28,30H,1,7-8,13,32H2,2-6H3,(H,27,31)/b23-9-. The van der Waals surface area contributed by atoms with Crippen molar-refractivity contribution in [2.75, 3.05) is 18.9 Å². The largest absolute Gasteiger partial charge is 0.389 e. The van der Waals surface area contributed by atoms with Crippen molar-refractivity contribution in [2.45, 2.75) is 46.2 Å². The molecule has 0 amide bonds. The molecule has 7 heteroatoms. The number of anilines is 1. The van der Waals surface area contributed by atoms with Gasteiger partial charge in [-0.2, -0.15) is 0 Å². The van der Waals surface area contributed by atoms with Gasteiger partial charge in [0.05, 0.1) is 0 Å². The van der Waals surface area contributed by atoms with Gasteiger partial charge in [-0.25, -0.2) is 4.39 Å². The molecule has 0 saturated carbocycles. The Balaban J connectivity index is 2.27. The number of nitrogens with one attached hydrogen (secondary N) is 3. The van der Waals surface area contributed by atoms with Gasteiger partial charge in [-0.05, 0) is 81.7 Å². The minimum absolute atomic E-state index is 0.631. The molecule has 1 aromatic carbocycles. The molecule has 5 nitrogen and oxygen atoms in total. The van der Waals surface area contributed by atoms with Gasteiger partial charge in [-0.1, -0.05) is 12.6 Å². The summed E-state index contributed by atoms with van der Waals surface area (Å²) >= 11 is 0. The van der Waals surface area contributed by atoms with E-state index in [0.29, 0.717) is 5.56 Å². The second kappa shape index (κ2) is 11.8. The maximum absolute atomic E-state index is 14.7. The minimum atomic E-state index is -1.44. The molecule has 0 saturated heterocycles. The zero-order valence-electron chi connectivity index (χ0n) is 19.7. The van der Waals surface area contributed by atoms with E-state index in [1.54, 1.807) is 27.1 Å². The number of aryl methyl sites for hydroxylation is 1. The molecule has 0 spiro atoms. The normalized spacial score (nSPS) is 12.5. The third-order valence-corrected chi connectivity index (χ3v) is 5.28. The quantitative estimate of drug-likeness (QED) is 0.206. The number of aliphatic imine (C=N–C) groups is 1. The van der Waals surface area contributed by atoms with Gasteiger partial charge in [0.2, 0.25) is 0 Å². The van der Waals surface area contributed by atoms with E-state index >= 15 is 0 Å². The summed E-state index contributed by atoms with van der Waals surface area (Å²) in [5, 5.41) is 10.9. The maximum Gasteiger partial charge on any atom is 0.133 e. The number of aromatic nitrogens is 1. The molecule has 1 aromatic heterocycles. The van der Waals surface area contributed by atoms with Crippen molar-refractivity contribution < 1.29 is 4.39 Å². The Morgan fingerprint density at radius 2 is 2.03 bits per heavy atom. The number of benzene rings is 1. The SMILES string of the molecule is C=C(C)NCCC/C=C(\NC(=NC)c1ccnc(C)c1)Nc1ccc(P)c(C(C)(C)F)c1. The topological polar surface area (TPSA) is 61.3 Å². The molecule has 0 bridgehead atoms. The van der Waals surface area contributed by atoms with E-state index in [1.807, 2.05) is 44.2 Å². The van der Waals surface area contributed by atoms with E-state index in [9.17, 15) is 4.39 Å². The number of unbranched alkanes of at least 4 members (excludes halogenated alkanes) is 1. The van der Waals surface area contributed by atoms with E-state index in [4.69, 9.17) is 0 Å². The average molecular weight is 456 g/mol. The van der Waals surface area contributed by atoms with Crippen molar-refractivity contribution in [1.82, 2.24) is 15.6 Å². The Kier molecular flexibility index (Phi) is 9.40. The molecule has 2 aromatic rings. The number of hydrogen-bond acceptors (Lipinski definition) is 4. The number of amidine groups is 1. The highest BCUT2D eigenvalue weighted by molar-refractivity contribution is 7.27. The van der Waals surface area contributed by atoms with Crippen molar-refractivity contribution in [3.63, 3.8) is 0 Å². The molecular weight excluding hydrogens is 420 g/mol. The van der Waals surface area contributed by atoms with Crippen LogP contribution in [0, 0.1) is 6.92 Å². The van der Waals surface area contributed by atoms with Crippen molar-refractivity contribution in [2.24, 2.45) is 4.99 Å². The third kappa shape index (κ3) is 8.08. The highest BCUT2D eigenvalue weighted by Crippen LogP contribution is 2.27. The lowest BCUT2D eigenvalue weighted by atomic mass is 9.99. The smallest absolute Gasteiger partial charge is 0.133 e. The summed E-state index contributed by atoms with van der Waals surface area (Å²) in [7, 11) is 4.36. The summed E-state index contributed by atoms with van der Waals surface area (Å²) < 4.78 is 14.7. The van der Waals surface area contributed by atoms with Gasteiger partial charge in [0, 0.05) is 42.4 Å². The fraction of sp³-hybridized carbons (Fsp3) is 0.360. The Morgan fingerprint density at radius 1 is 1.28 bits per heavy atom. The Hall–Kier alpha value is -2.72. The summed E-state index contributed by atoms with van der Waals surface area (Å²) in [6, 6.07) is 9.59. The van der Waals surface area contributed by atoms with Crippen molar-refractivity contribution in [3.8, 4) is 0 Å². The molecule has 32 heavy (non-hydrogen) atoms. The number of pyridine rings is 1. The summed E-state index contributed by atoms with van der Waals surface area (Å²) in [6.45, 7) is 11.7. The summed E-state index contributed by atoms with van der Waals surface area (Å²) in [5.41, 5.74) is 2.81. The molecule has 172 valence electrons. The van der Waals surface area contributed by atoms with Crippen LogP contribution in [-0.2, 0) is 5.67 Å². The maximum atomic E-state index is 14.7. The van der Waals surface area contributed by atoms with Gasteiger partial charge in [-0.3, -0.25) is 9.98 Å². The number of rotatable bonds is 10. The number of halogens is 1. The Bertz CT molecular complexity index is 992. The first-order valence-electron chi connectivity index (χ1n) is 10.7. The molecule has 0 aliphatic rings. The summed E-state index contributed by atoms with van der Waals surface area (Å²) in [6.07, 6.45) is 5.64. The van der Waals surface area contributed by atoms with E-state index in [-0.39, 0.29) is 0 Å². The molecule has 0 fully saturated rings. The molecule has 0 aliphatic carbocycles. The van der Waals surface area contributed by atoms with Crippen molar-refractivity contribution in [1.29, 1.82) is 0 Å². The zero-order valence-corrected chi connectivity index (χ0v) is 20.9. The number of alkyl halides is 1. The minimum Gasteiger partial charge on any atom is -0.389 e. The van der Waals surface area contributed by atoms with Crippen molar-refractivity contribution in [3.05, 3.63) is 77.5 Å². The predicted molar refractivity (Wildman–Crippen MR) is 138 cm³/mol.